The number of rotatable bonds is 1. The van der Waals surface area contributed by atoms with Gasteiger partial charge in [0.25, 0.3) is 0 Å². The first-order chi connectivity index (χ1) is 4.74. The van der Waals surface area contributed by atoms with Crippen LogP contribution in [0, 0.1) is 11.3 Å². The van der Waals surface area contributed by atoms with Crippen LogP contribution in [0.3, 0.4) is 0 Å². The Morgan fingerprint density at radius 1 is 1.70 bits per heavy atom. The summed E-state index contributed by atoms with van der Waals surface area (Å²) in [6, 6.07) is 0.0634. The van der Waals surface area contributed by atoms with Crippen LogP contribution in [0.1, 0.15) is 19.3 Å². The minimum Gasteiger partial charge on any atom is -0.323 e. The summed E-state index contributed by atoms with van der Waals surface area (Å²) < 4.78 is 1.19. The summed E-state index contributed by atoms with van der Waals surface area (Å²) in [6.07, 6.45) is 3.13. The highest BCUT2D eigenvalue weighted by atomic mass is 127. The molecule has 0 amide bonds. The Kier molecular flexibility index (Phi) is 3.10. The Balaban J connectivity index is 2.40. The van der Waals surface area contributed by atoms with Gasteiger partial charge in [-0.25, -0.2) is 0 Å². The Bertz CT molecular complexity index is 136. The van der Waals surface area contributed by atoms with Gasteiger partial charge in [0.05, 0.1) is 0 Å². The molecule has 3 N–H and O–H groups in total. The molecule has 0 aromatic heterocycles. The van der Waals surface area contributed by atoms with Crippen LogP contribution in [-0.4, -0.2) is 16.2 Å². The molecule has 0 radical (unpaired) electrons. The molecule has 0 aliphatic heterocycles. The van der Waals surface area contributed by atoms with Gasteiger partial charge in [0.2, 0.25) is 0 Å². The smallest absolute Gasteiger partial charge is 0.0426 e. The van der Waals surface area contributed by atoms with Crippen molar-refractivity contribution >= 4 is 28.3 Å². The van der Waals surface area contributed by atoms with Gasteiger partial charge in [-0.05, 0) is 25.2 Å². The lowest BCUT2D eigenvalue weighted by Gasteiger charge is -2.25. The van der Waals surface area contributed by atoms with Crippen molar-refractivity contribution < 1.29 is 0 Å². The topological polar surface area (TPSA) is 49.9 Å². The average Bonchev–Trinajstić information content (AvgIpc) is 1.95. The molecule has 1 fully saturated rings. The third-order valence-corrected chi connectivity index (χ3v) is 3.32. The highest BCUT2D eigenvalue weighted by Crippen LogP contribution is 2.22. The van der Waals surface area contributed by atoms with Crippen molar-refractivity contribution in [1.29, 1.82) is 5.41 Å². The van der Waals surface area contributed by atoms with Crippen LogP contribution in [0.5, 0.6) is 0 Å². The Labute approximate surface area is 75.2 Å². The Hall–Kier alpha value is 0.360. The van der Waals surface area contributed by atoms with Crippen molar-refractivity contribution in [2.45, 2.75) is 25.3 Å². The van der Waals surface area contributed by atoms with Gasteiger partial charge in [0, 0.05) is 16.2 Å². The molecule has 0 spiro atoms. The summed E-state index contributed by atoms with van der Waals surface area (Å²) in [5.74, 6) is 0.768. The van der Waals surface area contributed by atoms with Crippen LogP contribution in [-0.2, 0) is 0 Å². The van der Waals surface area contributed by atoms with E-state index in [1.54, 1.807) is 0 Å². The lowest BCUT2D eigenvalue weighted by Crippen LogP contribution is -2.36. The maximum Gasteiger partial charge on any atom is 0.0426 e. The highest BCUT2D eigenvalue weighted by Gasteiger charge is 2.21. The fourth-order valence-corrected chi connectivity index (χ4v) is 2.10. The lowest BCUT2D eigenvalue weighted by atomic mass is 9.86. The molecule has 2 atom stereocenters. The molecule has 1 rings (SSSR count). The van der Waals surface area contributed by atoms with Gasteiger partial charge in [-0.3, -0.25) is 0 Å². The van der Waals surface area contributed by atoms with E-state index in [-0.39, 0.29) is 6.04 Å². The number of hydrogen-bond donors (Lipinski definition) is 2. The monoisotopic (exact) mass is 252 g/mol. The highest BCUT2D eigenvalue weighted by molar-refractivity contribution is 14.1. The van der Waals surface area contributed by atoms with Crippen molar-refractivity contribution in [2.75, 3.05) is 4.43 Å². The molecule has 2 unspecified atom stereocenters. The predicted molar refractivity (Wildman–Crippen MR) is 51.9 cm³/mol. The normalized spacial score (nSPS) is 34.4. The number of nitrogens with two attached hydrogens (primary N) is 1. The second-order valence-electron chi connectivity index (χ2n) is 2.93. The molecule has 2 nitrogen and oxygen atoms in total. The van der Waals surface area contributed by atoms with Gasteiger partial charge in [-0.1, -0.05) is 22.6 Å². The van der Waals surface area contributed by atoms with E-state index in [0.29, 0.717) is 0 Å². The average molecular weight is 252 g/mol. The molecular formula is C7H13IN2. The van der Waals surface area contributed by atoms with Crippen LogP contribution >= 0.6 is 22.6 Å². The van der Waals surface area contributed by atoms with E-state index in [2.05, 4.69) is 22.6 Å². The summed E-state index contributed by atoms with van der Waals surface area (Å²) in [7, 11) is 0. The van der Waals surface area contributed by atoms with Gasteiger partial charge in [0.15, 0.2) is 0 Å². The van der Waals surface area contributed by atoms with Gasteiger partial charge in [-0.15, -0.1) is 0 Å². The fraction of sp³-hybridized carbons (Fsp3) is 0.857. The molecular weight excluding hydrogens is 239 g/mol. The van der Waals surface area contributed by atoms with Gasteiger partial charge >= 0.3 is 0 Å². The molecule has 58 valence electrons. The Morgan fingerprint density at radius 2 is 2.40 bits per heavy atom. The molecule has 1 aliphatic rings. The van der Waals surface area contributed by atoms with E-state index in [4.69, 9.17) is 11.1 Å². The molecule has 1 aliphatic carbocycles. The number of alkyl halides is 1. The summed E-state index contributed by atoms with van der Waals surface area (Å²) in [5.41, 5.74) is 6.47. The first kappa shape index (κ1) is 8.46. The van der Waals surface area contributed by atoms with Crippen molar-refractivity contribution in [3.8, 4) is 0 Å². The van der Waals surface area contributed by atoms with Crippen LogP contribution in [0.4, 0.5) is 0 Å². The molecule has 0 bridgehead atoms. The van der Waals surface area contributed by atoms with Gasteiger partial charge in [-0.2, -0.15) is 0 Å². The van der Waals surface area contributed by atoms with Crippen molar-refractivity contribution in [2.24, 2.45) is 11.7 Å². The van der Waals surface area contributed by atoms with E-state index < -0.39 is 0 Å². The minimum atomic E-state index is 0.0634. The van der Waals surface area contributed by atoms with Crippen molar-refractivity contribution in [3.63, 3.8) is 0 Å². The van der Waals surface area contributed by atoms with E-state index in [9.17, 15) is 0 Å². The van der Waals surface area contributed by atoms with Crippen molar-refractivity contribution in [3.05, 3.63) is 0 Å². The molecule has 0 heterocycles. The molecule has 1 saturated carbocycles. The largest absolute Gasteiger partial charge is 0.323 e. The molecule has 0 aromatic rings. The van der Waals surface area contributed by atoms with E-state index in [1.807, 2.05) is 0 Å². The first-order valence-corrected chi connectivity index (χ1v) is 5.15. The van der Waals surface area contributed by atoms with Gasteiger partial charge in [0.1, 0.15) is 0 Å². The maximum atomic E-state index is 7.43. The molecule has 0 saturated heterocycles. The summed E-state index contributed by atoms with van der Waals surface area (Å²) >= 11 is 2.40. The minimum absolute atomic E-state index is 0.0634. The summed E-state index contributed by atoms with van der Waals surface area (Å²) in [5, 5.41) is 7.43. The van der Waals surface area contributed by atoms with Crippen LogP contribution in [0.2, 0.25) is 0 Å². The first-order valence-electron chi connectivity index (χ1n) is 3.63. The van der Waals surface area contributed by atoms with E-state index in [0.717, 1.165) is 24.5 Å². The SMILES string of the molecule is N=C1CCC(CI)CC1N. The zero-order valence-electron chi connectivity index (χ0n) is 5.94. The second-order valence-corrected chi connectivity index (χ2v) is 3.81. The molecule has 10 heavy (non-hydrogen) atoms. The van der Waals surface area contributed by atoms with Crippen LogP contribution in [0.15, 0.2) is 0 Å². The number of halogens is 1. The molecule has 0 aromatic carbocycles. The predicted octanol–water partition coefficient (Wildman–Crippen LogP) is 1.57. The maximum absolute atomic E-state index is 7.43. The quantitative estimate of drug-likeness (QED) is 0.540. The van der Waals surface area contributed by atoms with Crippen LogP contribution in [0.25, 0.3) is 0 Å². The van der Waals surface area contributed by atoms with Gasteiger partial charge < -0.3 is 11.1 Å². The fourth-order valence-electron chi connectivity index (χ4n) is 1.30. The number of nitrogens with one attached hydrogen (secondary N) is 1. The number of hydrogen-bond acceptors (Lipinski definition) is 2. The second kappa shape index (κ2) is 3.67. The van der Waals surface area contributed by atoms with Crippen LogP contribution < -0.4 is 5.73 Å². The standard InChI is InChI=1S/C7H13IN2/c8-4-5-1-2-6(9)7(10)3-5/h5,7,9H,1-4,10H2. The third-order valence-electron chi connectivity index (χ3n) is 2.07. The summed E-state index contributed by atoms with van der Waals surface area (Å²) in [6.45, 7) is 0. The Morgan fingerprint density at radius 3 is 2.90 bits per heavy atom. The molecule has 3 heteroatoms. The van der Waals surface area contributed by atoms with E-state index >= 15 is 0 Å². The zero-order valence-corrected chi connectivity index (χ0v) is 8.10. The van der Waals surface area contributed by atoms with E-state index in [1.165, 1.54) is 10.8 Å². The third kappa shape index (κ3) is 1.92. The van der Waals surface area contributed by atoms with Crippen molar-refractivity contribution in [1.82, 2.24) is 0 Å². The zero-order chi connectivity index (χ0) is 7.56. The lowest BCUT2D eigenvalue weighted by molar-refractivity contribution is 0.463. The summed E-state index contributed by atoms with van der Waals surface area (Å²) in [4.78, 5) is 0.